The SMILES string of the molecule is C=CCSCCNC(=NC)NCC(C(C)C)N1CCOCC1. The van der Waals surface area contributed by atoms with Crippen LogP contribution in [-0.2, 0) is 4.74 Å². The van der Waals surface area contributed by atoms with Crippen molar-refractivity contribution in [1.29, 1.82) is 0 Å². The molecular weight excluding hydrogens is 296 g/mol. The van der Waals surface area contributed by atoms with E-state index < -0.39 is 0 Å². The van der Waals surface area contributed by atoms with Crippen LogP contribution in [0.5, 0.6) is 0 Å². The molecule has 6 heteroatoms. The van der Waals surface area contributed by atoms with E-state index in [-0.39, 0.29) is 0 Å². The Morgan fingerprint density at radius 2 is 2.09 bits per heavy atom. The maximum atomic E-state index is 5.45. The fourth-order valence-corrected chi connectivity index (χ4v) is 3.11. The van der Waals surface area contributed by atoms with Gasteiger partial charge in [-0.05, 0) is 5.92 Å². The summed E-state index contributed by atoms with van der Waals surface area (Å²) in [5.74, 6) is 3.55. The Morgan fingerprint density at radius 1 is 1.36 bits per heavy atom. The third-order valence-electron chi connectivity index (χ3n) is 3.76. The minimum atomic E-state index is 0.512. The van der Waals surface area contributed by atoms with Crippen molar-refractivity contribution >= 4 is 17.7 Å². The third kappa shape index (κ3) is 7.51. The van der Waals surface area contributed by atoms with Crippen LogP contribution in [0.25, 0.3) is 0 Å². The van der Waals surface area contributed by atoms with Crippen LogP contribution in [0.15, 0.2) is 17.6 Å². The Balaban J connectivity index is 2.33. The minimum absolute atomic E-state index is 0.512. The van der Waals surface area contributed by atoms with Crippen LogP contribution < -0.4 is 10.6 Å². The first-order valence-corrected chi connectivity index (χ1v) is 9.29. The highest BCUT2D eigenvalue weighted by atomic mass is 32.2. The molecule has 0 spiro atoms. The Hall–Kier alpha value is -0.720. The predicted octanol–water partition coefficient (Wildman–Crippen LogP) is 1.43. The second kappa shape index (κ2) is 11.8. The van der Waals surface area contributed by atoms with Crippen molar-refractivity contribution in [2.24, 2.45) is 10.9 Å². The van der Waals surface area contributed by atoms with Gasteiger partial charge in [0.15, 0.2) is 5.96 Å². The number of hydrogen-bond donors (Lipinski definition) is 2. The normalized spacial score (nSPS) is 18.3. The minimum Gasteiger partial charge on any atom is -0.379 e. The zero-order valence-corrected chi connectivity index (χ0v) is 15.1. The van der Waals surface area contributed by atoms with Crippen LogP contribution in [0.1, 0.15) is 13.8 Å². The lowest BCUT2D eigenvalue weighted by atomic mass is 10.0. The highest BCUT2D eigenvalue weighted by molar-refractivity contribution is 7.99. The van der Waals surface area contributed by atoms with Crippen molar-refractivity contribution in [3.8, 4) is 0 Å². The van der Waals surface area contributed by atoms with Crippen molar-refractivity contribution in [2.45, 2.75) is 19.9 Å². The monoisotopic (exact) mass is 328 g/mol. The number of morpholine rings is 1. The lowest BCUT2D eigenvalue weighted by Gasteiger charge is -2.37. The van der Waals surface area contributed by atoms with E-state index in [1.165, 1.54) is 0 Å². The van der Waals surface area contributed by atoms with Crippen LogP contribution in [0, 0.1) is 5.92 Å². The topological polar surface area (TPSA) is 48.9 Å². The highest BCUT2D eigenvalue weighted by Crippen LogP contribution is 2.12. The molecule has 0 aromatic carbocycles. The van der Waals surface area contributed by atoms with Gasteiger partial charge in [0.05, 0.1) is 13.2 Å². The third-order valence-corrected chi connectivity index (χ3v) is 4.73. The molecule has 1 aliphatic rings. The second-order valence-corrected chi connectivity index (χ2v) is 6.85. The van der Waals surface area contributed by atoms with Gasteiger partial charge in [0, 0.05) is 50.8 Å². The number of nitrogens with one attached hydrogen (secondary N) is 2. The van der Waals surface area contributed by atoms with E-state index in [2.05, 4.69) is 41.0 Å². The molecule has 0 bridgehead atoms. The molecule has 1 atom stereocenters. The fraction of sp³-hybridized carbons (Fsp3) is 0.812. The van der Waals surface area contributed by atoms with Gasteiger partial charge >= 0.3 is 0 Å². The number of thioether (sulfide) groups is 1. The van der Waals surface area contributed by atoms with Gasteiger partial charge in [-0.25, -0.2) is 0 Å². The van der Waals surface area contributed by atoms with E-state index in [1.54, 1.807) is 0 Å². The Labute approximate surface area is 140 Å². The van der Waals surface area contributed by atoms with E-state index in [0.717, 1.165) is 56.9 Å². The first kappa shape index (κ1) is 19.3. The van der Waals surface area contributed by atoms with Gasteiger partial charge in [0.2, 0.25) is 0 Å². The molecule has 5 nitrogen and oxygen atoms in total. The molecule has 0 radical (unpaired) electrons. The summed E-state index contributed by atoms with van der Waals surface area (Å²) in [7, 11) is 1.82. The Morgan fingerprint density at radius 3 is 2.68 bits per heavy atom. The van der Waals surface area contributed by atoms with E-state index in [4.69, 9.17) is 4.74 Å². The smallest absolute Gasteiger partial charge is 0.191 e. The van der Waals surface area contributed by atoms with E-state index in [1.807, 2.05) is 24.9 Å². The molecule has 0 aromatic rings. The van der Waals surface area contributed by atoms with Crippen molar-refractivity contribution in [2.75, 3.05) is 57.9 Å². The fourth-order valence-electron chi connectivity index (χ4n) is 2.53. The molecule has 1 fully saturated rings. The van der Waals surface area contributed by atoms with E-state index >= 15 is 0 Å². The predicted molar refractivity (Wildman–Crippen MR) is 97.9 cm³/mol. The molecule has 0 saturated carbocycles. The summed E-state index contributed by atoms with van der Waals surface area (Å²) in [5.41, 5.74) is 0. The van der Waals surface area contributed by atoms with Gasteiger partial charge in [-0.1, -0.05) is 19.9 Å². The number of hydrogen-bond acceptors (Lipinski definition) is 4. The summed E-state index contributed by atoms with van der Waals surface area (Å²) >= 11 is 1.87. The number of rotatable bonds is 9. The summed E-state index contributed by atoms with van der Waals surface area (Å²) in [5, 5.41) is 6.83. The van der Waals surface area contributed by atoms with Crippen molar-refractivity contribution < 1.29 is 4.74 Å². The number of guanidine groups is 1. The first-order valence-electron chi connectivity index (χ1n) is 8.14. The van der Waals surface area contributed by atoms with Gasteiger partial charge in [0.25, 0.3) is 0 Å². The molecule has 1 unspecified atom stereocenters. The standard InChI is InChI=1S/C16H32N4OS/c1-5-11-22-12-6-18-16(17-4)19-13-15(14(2)3)20-7-9-21-10-8-20/h5,14-15H,1,6-13H2,2-4H3,(H2,17,18,19). The molecule has 22 heavy (non-hydrogen) atoms. The lowest BCUT2D eigenvalue weighted by Crippen LogP contribution is -2.52. The molecule has 128 valence electrons. The molecule has 0 aliphatic carbocycles. The van der Waals surface area contributed by atoms with E-state index in [9.17, 15) is 0 Å². The van der Waals surface area contributed by atoms with Gasteiger partial charge in [-0.2, -0.15) is 11.8 Å². The maximum Gasteiger partial charge on any atom is 0.191 e. The summed E-state index contributed by atoms with van der Waals surface area (Å²) in [6.45, 7) is 13.9. The van der Waals surface area contributed by atoms with Crippen LogP contribution in [0.2, 0.25) is 0 Å². The molecule has 1 aliphatic heterocycles. The van der Waals surface area contributed by atoms with E-state index in [0.29, 0.717) is 12.0 Å². The average Bonchev–Trinajstić information content (AvgIpc) is 2.53. The van der Waals surface area contributed by atoms with Gasteiger partial charge in [0.1, 0.15) is 0 Å². The molecule has 2 N–H and O–H groups in total. The molecular formula is C16H32N4OS. The van der Waals surface area contributed by atoms with Crippen molar-refractivity contribution in [3.63, 3.8) is 0 Å². The van der Waals surface area contributed by atoms with Crippen LogP contribution >= 0.6 is 11.8 Å². The number of aliphatic imine (C=N–C) groups is 1. The Bertz CT molecular complexity index is 330. The second-order valence-electron chi connectivity index (χ2n) is 5.70. The van der Waals surface area contributed by atoms with Crippen LogP contribution in [0.4, 0.5) is 0 Å². The van der Waals surface area contributed by atoms with Crippen LogP contribution in [0.3, 0.4) is 0 Å². The summed E-state index contributed by atoms with van der Waals surface area (Å²) in [6, 6.07) is 0.512. The van der Waals surface area contributed by atoms with Gasteiger partial charge in [-0.15, -0.1) is 6.58 Å². The molecule has 0 amide bonds. The largest absolute Gasteiger partial charge is 0.379 e. The summed E-state index contributed by atoms with van der Waals surface area (Å²) < 4.78 is 5.45. The molecule has 1 saturated heterocycles. The molecule has 1 heterocycles. The zero-order valence-electron chi connectivity index (χ0n) is 14.3. The lowest BCUT2D eigenvalue weighted by molar-refractivity contribution is 0.00752. The highest BCUT2D eigenvalue weighted by Gasteiger charge is 2.23. The van der Waals surface area contributed by atoms with Crippen molar-refractivity contribution in [3.05, 3.63) is 12.7 Å². The Kier molecular flexibility index (Phi) is 10.4. The molecule has 0 aromatic heterocycles. The maximum absolute atomic E-state index is 5.45. The summed E-state index contributed by atoms with van der Waals surface area (Å²) in [4.78, 5) is 6.83. The molecule has 1 rings (SSSR count). The summed E-state index contributed by atoms with van der Waals surface area (Å²) in [6.07, 6.45) is 1.94. The van der Waals surface area contributed by atoms with Gasteiger partial charge in [-0.3, -0.25) is 9.89 Å². The average molecular weight is 329 g/mol. The van der Waals surface area contributed by atoms with Crippen molar-refractivity contribution in [1.82, 2.24) is 15.5 Å². The zero-order chi connectivity index (χ0) is 16.2. The quantitative estimate of drug-likeness (QED) is 0.290. The first-order chi connectivity index (χ1) is 10.7. The number of ether oxygens (including phenoxy) is 1. The number of nitrogens with zero attached hydrogens (tertiary/aromatic N) is 2. The van der Waals surface area contributed by atoms with Gasteiger partial charge < -0.3 is 15.4 Å². The van der Waals surface area contributed by atoms with Crippen LogP contribution in [-0.4, -0.2) is 74.8 Å².